The maximum absolute atomic E-state index is 6.64. The van der Waals surface area contributed by atoms with Crippen LogP contribution in [0.4, 0.5) is 0 Å². The molecule has 0 aromatic rings. The van der Waals surface area contributed by atoms with Gasteiger partial charge in [0, 0.05) is 12.2 Å². The standard InChI is InChI=1S/C24H43BO2/c1-3-8-20-12-16-23(17-13-20)26-25(22-10-6-5-7-11-22)27-24-18-14-21(9-4-2)15-19-24/h10,20-21,23-24H,3-9,11-19H2,1-2H3. The van der Waals surface area contributed by atoms with Crippen LogP contribution in [0.15, 0.2) is 11.5 Å². The number of allylic oxidation sites excluding steroid dienone is 2. The van der Waals surface area contributed by atoms with Gasteiger partial charge in [-0.2, -0.15) is 0 Å². The highest BCUT2D eigenvalue weighted by atomic mass is 16.6. The van der Waals surface area contributed by atoms with Gasteiger partial charge in [-0.1, -0.05) is 45.6 Å². The highest BCUT2D eigenvalue weighted by Gasteiger charge is 2.34. The van der Waals surface area contributed by atoms with Crippen molar-refractivity contribution in [2.24, 2.45) is 11.8 Å². The van der Waals surface area contributed by atoms with Crippen LogP contribution in [0.5, 0.6) is 0 Å². The Labute approximate surface area is 169 Å². The smallest absolute Gasteiger partial charge is 0.405 e. The van der Waals surface area contributed by atoms with Crippen molar-refractivity contribution in [3.05, 3.63) is 11.5 Å². The lowest BCUT2D eigenvalue weighted by Gasteiger charge is -2.35. The Morgan fingerprint density at radius 2 is 1.30 bits per heavy atom. The molecule has 2 saturated carbocycles. The molecule has 0 spiro atoms. The first kappa shape index (κ1) is 21.4. The zero-order valence-corrected chi connectivity index (χ0v) is 18.1. The summed E-state index contributed by atoms with van der Waals surface area (Å²) in [7, 11) is -0.0502. The van der Waals surface area contributed by atoms with Gasteiger partial charge >= 0.3 is 7.12 Å². The van der Waals surface area contributed by atoms with Crippen LogP contribution in [0.3, 0.4) is 0 Å². The molecule has 0 aromatic carbocycles. The molecule has 0 bridgehead atoms. The molecule has 0 atom stereocenters. The van der Waals surface area contributed by atoms with Crippen LogP contribution in [0.2, 0.25) is 0 Å². The van der Waals surface area contributed by atoms with Gasteiger partial charge < -0.3 is 9.31 Å². The first-order chi connectivity index (χ1) is 13.3. The average Bonchev–Trinajstić information content (AvgIpc) is 2.71. The highest BCUT2D eigenvalue weighted by molar-refractivity contribution is 6.53. The normalized spacial score (nSPS) is 32.1. The van der Waals surface area contributed by atoms with Gasteiger partial charge in [0.15, 0.2) is 0 Å². The molecule has 0 heterocycles. The fourth-order valence-corrected chi connectivity index (χ4v) is 5.56. The van der Waals surface area contributed by atoms with Gasteiger partial charge in [-0.05, 0) is 94.4 Å². The molecule has 0 N–H and O–H groups in total. The van der Waals surface area contributed by atoms with E-state index in [1.54, 1.807) is 0 Å². The molecule has 0 saturated heterocycles. The molecule has 0 aromatic heterocycles. The van der Waals surface area contributed by atoms with Gasteiger partial charge in [-0.15, -0.1) is 0 Å². The minimum atomic E-state index is -0.0502. The molecule has 3 rings (SSSR count). The van der Waals surface area contributed by atoms with E-state index >= 15 is 0 Å². The summed E-state index contributed by atoms with van der Waals surface area (Å²) in [5.74, 6) is 1.88. The Bertz CT molecular complexity index is 406. The Morgan fingerprint density at radius 3 is 1.70 bits per heavy atom. The predicted molar refractivity (Wildman–Crippen MR) is 116 cm³/mol. The monoisotopic (exact) mass is 374 g/mol. The molecule has 3 heteroatoms. The molecule has 3 aliphatic carbocycles. The zero-order chi connectivity index (χ0) is 18.9. The topological polar surface area (TPSA) is 18.5 Å². The van der Waals surface area contributed by atoms with Crippen molar-refractivity contribution in [2.45, 2.75) is 129 Å². The first-order valence-electron chi connectivity index (χ1n) is 12.3. The molecule has 27 heavy (non-hydrogen) atoms. The average molecular weight is 374 g/mol. The van der Waals surface area contributed by atoms with E-state index in [4.69, 9.17) is 9.31 Å². The number of rotatable bonds is 9. The third kappa shape index (κ3) is 6.93. The number of hydrogen-bond acceptors (Lipinski definition) is 2. The van der Waals surface area contributed by atoms with Gasteiger partial charge in [-0.25, -0.2) is 0 Å². The van der Waals surface area contributed by atoms with Crippen molar-refractivity contribution in [1.82, 2.24) is 0 Å². The minimum Gasteiger partial charge on any atom is -0.405 e. The Hall–Kier alpha value is -0.275. The molecule has 0 amide bonds. The molecule has 3 aliphatic rings. The second-order valence-electron chi connectivity index (χ2n) is 9.49. The SMILES string of the molecule is CCCC1CCC(OB(OC2CCC(CCC)CC2)C2=CCCCC2)CC1. The Balaban J connectivity index is 1.52. The maximum Gasteiger partial charge on any atom is 0.489 e. The van der Waals surface area contributed by atoms with Crippen LogP contribution in [0.25, 0.3) is 0 Å². The van der Waals surface area contributed by atoms with Gasteiger partial charge in [-0.3, -0.25) is 0 Å². The van der Waals surface area contributed by atoms with Crippen molar-refractivity contribution < 1.29 is 9.31 Å². The minimum absolute atomic E-state index is 0.0502. The third-order valence-electron chi connectivity index (χ3n) is 7.24. The van der Waals surface area contributed by atoms with Crippen molar-refractivity contribution in [3.63, 3.8) is 0 Å². The van der Waals surface area contributed by atoms with Gasteiger partial charge in [0.05, 0.1) is 0 Å². The lowest BCUT2D eigenvalue weighted by atomic mass is 9.71. The fraction of sp³-hybridized carbons (Fsp3) is 0.917. The van der Waals surface area contributed by atoms with E-state index in [1.165, 1.54) is 108 Å². The van der Waals surface area contributed by atoms with Crippen LogP contribution >= 0.6 is 0 Å². The van der Waals surface area contributed by atoms with E-state index in [2.05, 4.69) is 19.9 Å². The summed E-state index contributed by atoms with van der Waals surface area (Å²) in [6.07, 6.45) is 24.1. The summed E-state index contributed by atoms with van der Waals surface area (Å²) < 4.78 is 13.3. The highest BCUT2D eigenvalue weighted by Crippen LogP contribution is 2.34. The molecule has 0 radical (unpaired) electrons. The van der Waals surface area contributed by atoms with Crippen LogP contribution in [0, 0.1) is 11.8 Å². The second-order valence-corrected chi connectivity index (χ2v) is 9.49. The Morgan fingerprint density at radius 1 is 0.778 bits per heavy atom. The molecule has 154 valence electrons. The van der Waals surface area contributed by atoms with Crippen LogP contribution < -0.4 is 0 Å². The van der Waals surface area contributed by atoms with Crippen molar-refractivity contribution >= 4 is 7.12 Å². The maximum atomic E-state index is 6.64. The van der Waals surface area contributed by atoms with Crippen molar-refractivity contribution in [2.75, 3.05) is 0 Å². The molecular formula is C24H43BO2. The summed E-state index contributed by atoms with van der Waals surface area (Å²) in [5.41, 5.74) is 1.45. The second kappa shape index (κ2) is 11.7. The van der Waals surface area contributed by atoms with Gasteiger partial charge in [0.25, 0.3) is 0 Å². The van der Waals surface area contributed by atoms with Crippen LogP contribution in [0.1, 0.15) is 117 Å². The van der Waals surface area contributed by atoms with E-state index in [1.807, 2.05) is 0 Å². The van der Waals surface area contributed by atoms with Crippen LogP contribution in [-0.4, -0.2) is 19.3 Å². The summed E-state index contributed by atoms with van der Waals surface area (Å²) in [4.78, 5) is 0. The van der Waals surface area contributed by atoms with Crippen molar-refractivity contribution in [1.29, 1.82) is 0 Å². The molecule has 2 nitrogen and oxygen atoms in total. The largest absolute Gasteiger partial charge is 0.489 e. The van der Waals surface area contributed by atoms with Crippen molar-refractivity contribution in [3.8, 4) is 0 Å². The van der Waals surface area contributed by atoms with Crippen LogP contribution in [-0.2, 0) is 9.31 Å². The zero-order valence-electron chi connectivity index (χ0n) is 18.1. The first-order valence-corrected chi connectivity index (χ1v) is 12.3. The summed E-state index contributed by atoms with van der Waals surface area (Å²) in [5, 5.41) is 0. The van der Waals surface area contributed by atoms with E-state index in [9.17, 15) is 0 Å². The molecule has 0 unspecified atom stereocenters. The summed E-state index contributed by atoms with van der Waals surface area (Å²) >= 11 is 0. The van der Waals surface area contributed by atoms with Gasteiger partial charge in [0.2, 0.25) is 0 Å². The summed E-state index contributed by atoms with van der Waals surface area (Å²) in [6.45, 7) is 4.63. The molecule has 2 fully saturated rings. The molecule has 0 aliphatic heterocycles. The van der Waals surface area contributed by atoms with Gasteiger partial charge in [0.1, 0.15) is 0 Å². The lowest BCUT2D eigenvalue weighted by Crippen LogP contribution is -2.38. The lowest BCUT2D eigenvalue weighted by molar-refractivity contribution is 0.0537. The third-order valence-corrected chi connectivity index (χ3v) is 7.24. The Kier molecular flexibility index (Phi) is 9.26. The van der Waals surface area contributed by atoms with E-state index in [0.29, 0.717) is 12.2 Å². The van der Waals surface area contributed by atoms with E-state index in [0.717, 1.165) is 11.8 Å². The summed E-state index contributed by atoms with van der Waals surface area (Å²) in [6, 6.07) is 0. The fourth-order valence-electron chi connectivity index (χ4n) is 5.56. The predicted octanol–water partition coefficient (Wildman–Crippen LogP) is 7.27. The molecular weight excluding hydrogens is 331 g/mol. The quantitative estimate of drug-likeness (QED) is 0.395. The van der Waals surface area contributed by atoms with E-state index < -0.39 is 0 Å². The van der Waals surface area contributed by atoms with E-state index in [-0.39, 0.29) is 7.12 Å². The number of hydrogen-bond donors (Lipinski definition) is 0.